The van der Waals surface area contributed by atoms with Crippen LogP contribution in [0.2, 0.25) is 0 Å². The van der Waals surface area contributed by atoms with E-state index in [0.717, 1.165) is 58.9 Å². The van der Waals surface area contributed by atoms with Gasteiger partial charge >= 0.3 is 12.1 Å². The highest BCUT2D eigenvalue weighted by atomic mass is 16.5. The zero-order chi connectivity index (χ0) is 26.6. The average molecular weight is 518 g/mol. The van der Waals surface area contributed by atoms with Gasteiger partial charge in [0, 0.05) is 23.0 Å². The van der Waals surface area contributed by atoms with Crippen molar-refractivity contribution in [2.75, 3.05) is 12.0 Å². The van der Waals surface area contributed by atoms with Crippen molar-refractivity contribution in [1.29, 1.82) is 0 Å². The lowest BCUT2D eigenvalue weighted by Gasteiger charge is -2.34. The van der Waals surface area contributed by atoms with E-state index in [1.54, 1.807) is 11.1 Å². The summed E-state index contributed by atoms with van der Waals surface area (Å²) in [4.78, 5) is 31.2. The lowest BCUT2D eigenvalue weighted by molar-refractivity contribution is -0.143. The second-order valence-corrected chi connectivity index (χ2v) is 10.5. The molecule has 4 atom stereocenters. The standard InChI is InChI=1S/C28H31N5O5/c1-15-6-8-20-22(32(15)28(37)38-2)10-11-23-24(20)30-26(33(23)19-5-3-4-17(13-19)27(35)36)25(34)16-7-9-21-18(12-16)14-29-31-21/h7,9-12,14-15,17,19,25,34H,3-6,8,13H2,1-2H3,(H,29,31)(H,35,36)/t15-,17+,19+,25+/m0/s1. The average Bonchev–Trinajstić information content (AvgIpc) is 3.56. The molecular weight excluding hydrogens is 486 g/mol. The van der Waals surface area contributed by atoms with Crippen molar-refractivity contribution >= 4 is 39.7 Å². The Kier molecular flexibility index (Phi) is 6.06. The van der Waals surface area contributed by atoms with Crippen molar-refractivity contribution in [3.63, 3.8) is 0 Å². The number of H-pyrrole nitrogens is 1. The van der Waals surface area contributed by atoms with Crippen molar-refractivity contribution in [2.24, 2.45) is 5.92 Å². The quantitative estimate of drug-likeness (QED) is 0.357. The predicted molar refractivity (Wildman–Crippen MR) is 141 cm³/mol. The number of ether oxygens (including phenoxy) is 1. The number of amides is 1. The number of hydrogen-bond donors (Lipinski definition) is 3. The minimum atomic E-state index is -1.03. The largest absolute Gasteiger partial charge is 0.481 e. The summed E-state index contributed by atoms with van der Waals surface area (Å²) in [5.41, 5.74) is 4.84. The molecule has 2 aromatic carbocycles. The molecule has 1 saturated carbocycles. The zero-order valence-corrected chi connectivity index (χ0v) is 21.4. The molecule has 38 heavy (non-hydrogen) atoms. The molecule has 3 heterocycles. The zero-order valence-electron chi connectivity index (χ0n) is 21.4. The lowest BCUT2D eigenvalue weighted by atomic mass is 9.85. The van der Waals surface area contributed by atoms with Crippen molar-refractivity contribution < 1.29 is 24.5 Å². The number of carboxylic acid groups (broad SMARTS) is 1. The Hall–Kier alpha value is -3.92. The van der Waals surface area contributed by atoms with Gasteiger partial charge in [0.05, 0.1) is 41.5 Å². The molecule has 6 rings (SSSR count). The van der Waals surface area contributed by atoms with Crippen LogP contribution in [-0.4, -0.2) is 55.2 Å². The molecule has 1 amide bonds. The summed E-state index contributed by atoms with van der Waals surface area (Å²) in [6, 6.07) is 9.36. The Labute approximate surface area is 219 Å². The van der Waals surface area contributed by atoms with Gasteiger partial charge in [-0.3, -0.25) is 14.8 Å². The molecule has 1 fully saturated rings. The minimum absolute atomic E-state index is 0.0177. The number of aliphatic carboxylic acids is 1. The summed E-state index contributed by atoms with van der Waals surface area (Å²) in [6.07, 6.45) is 4.48. The number of nitrogens with zero attached hydrogens (tertiary/aromatic N) is 4. The molecule has 0 bridgehead atoms. The van der Waals surface area contributed by atoms with Crippen LogP contribution in [-0.2, 0) is 16.0 Å². The first-order valence-electron chi connectivity index (χ1n) is 13.1. The highest BCUT2D eigenvalue weighted by Gasteiger charge is 2.35. The Morgan fingerprint density at radius 3 is 2.82 bits per heavy atom. The van der Waals surface area contributed by atoms with Gasteiger partial charge in [0.2, 0.25) is 0 Å². The molecule has 10 nitrogen and oxygen atoms in total. The van der Waals surface area contributed by atoms with Crippen LogP contribution in [0.1, 0.15) is 68.1 Å². The molecular formula is C28H31N5O5. The number of aryl methyl sites for hydroxylation is 1. The first-order chi connectivity index (χ1) is 18.4. The van der Waals surface area contributed by atoms with Gasteiger partial charge in [-0.25, -0.2) is 9.78 Å². The van der Waals surface area contributed by atoms with Crippen LogP contribution in [0.4, 0.5) is 10.5 Å². The van der Waals surface area contributed by atoms with E-state index in [9.17, 15) is 19.8 Å². The second kappa shape index (κ2) is 9.43. The van der Waals surface area contributed by atoms with E-state index in [4.69, 9.17) is 9.72 Å². The molecule has 1 aliphatic heterocycles. The van der Waals surface area contributed by atoms with E-state index in [-0.39, 0.29) is 12.1 Å². The summed E-state index contributed by atoms with van der Waals surface area (Å²) in [5, 5.41) is 29.3. The number of imidazole rings is 1. The van der Waals surface area contributed by atoms with Gasteiger partial charge in [0.25, 0.3) is 0 Å². The molecule has 0 radical (unpaired) electrons. The van der Waals surface area contributed by atoms with Crippen molar-refractivity contribution in [3.05, 3.63) is 53.5 Å². The number of carbonyl (C=O) groups excluding carboxylic acids is 1. The number of carboxylic acids is 1. The molecule has 0 unspecified atom stereocenters. The molecule has 0 saturated heterocycles. The maximum Gasteiger partial charge on any atom is 0.414 e. The van der Waals surface area contributed by atoms with Crippen LogP contribution < -0.4 is 4.90 Å². The molecule has 2 aromatic heterocycles. The number of aromatic amines is 1. The summed E-state index contributed by atoms with van der Waals surface area (Å²) in [5.74, 6) is -0.742. The summed E-state index contributed by atoms with van der Waals surface area (Å²) in [6.45, 7) is 2.00. The number of nitrogens with one attached hydrogen (secondary N) is 1. The van der Waals surface area contributed by atoms with Crippen molar-refractivity contribution in [2.45, 2.75) is 63.6 Å². The Morgan fingerprint density at radius 2 is 2.03 bits per heavy atom. The van der Waals surface area contributed by atoms with Crippen molar-refractivity contribution in [3.8, 4) is 0 Å². The van der Waals surface area contributed by atoms with Gasteiger partial charge < -0.3 is 19.5 Å². The van der Waals surface area contributed by atoms with Crippen LogP contribution in [0.5, 0.6) is 0 Å². The first-order valence-corrected chi connectivity index (χ1v) is 13.1. The SMILES string of the molecule is COC(=O)N1c2ccc3c(nc([C@H](O)c4ccc5[nH]ncc5c4)n3[C@@H]3CCC[C@@H](C(=O)O)C3)c2CC[C@@H]1C. The van der Waals surface area contributed by atoms with Gasteiger partial charge in [-0.1, -0.05) is 12.5 Å². The number of anilines is 1. The first kappa shape index (κ1) is 24.4. The van der Waals surface area contributed by atoms with E-state index >= 15 is 0 Å². The molecule has 1 aliphatic carbocycles. The van der Waals surface area contributed by atoms with Crippen LogP contribution >= 0.6 is 0 Å². The highest BCUT2D eigenvalue weighted by molar-refractivity contribution is 5.95. The number of carbonyl (C=O) groups is 2. The van der Waals surface area contributed by atoms with E-state index in [1.807, 2.05) is 37.3 Å². The fraction of sp³-hybridized carbons (Fsp3) is 0.429. The maximum absolute atomic E-state index is 12.6. The summed E-state index contributed by atoms with van der Waals surface area (Å²) in [7, 11) is 1.38. The van der Waals surface area contributed by atoms with Crippen LogP contribution in [0.15, 0.2) is 36.5 Å². The fourth-order valence-electron chi connectivity index (χ4n) is 6.27. The third kappa shape index (κ3) is 3.91. The van der Waals surface area contributed by atoms with Gasteiger partial charge in [-0.05, 0) is 68.9 Å². The third-order valence-corrected chi connectivity index (χ3v) is 8.24. The van der Waals surface area contributed by atoms with Gasteiger partial charge in [0.15, 0.2) is 0 Å². The maximum atomic E-state index is 12.6. The molecule has 4 aromatic rings. The smallest absolute Gasteiger partial charge is 0.414 e. The minimum Gasteiger partial charge on any atom is -0.481 e. The van der Waals surface area contributed by atoms with Gasteiger partial charge in [-0.2, -0.15) is 5.10 Å². The van der Waals surface area contributed by atoms with Crippen LogP contribution in [0.3, 0.4) is 0 Å². The number of methoxy groups -OCH3 is 1. The van der Waals surface area contributed by atoms with Gasteiger partial charge in [0.1, 0.15) is 11.9 Å². The molecule has 10 heteroatoms. The Bertz CT molecular complexity index is 1540. The number of rotatable bonds is 4. The number of aliphatic hydroxyl groups is 1. The number of aliphatic hydroxyl groups excluding tert-OH is 1. The van der Waals surface area contributed by atoms with E-state index in [1.165, 1.54) is 7.11 Å². The highest BCUT2D eigenvalue weighted by Crippen LogP contribution is 2.42. The molecule has 0 spiro atoms. The van der Waals surface area contributed by atoms with Crippen molar-refractivity contribution in [1.82, 2.24) is 19.7 Å². The number of hydrogen-bond acceptors (Lipinski definition) is 6. The van der Waals surface area contributed by atoms with E-state index in [2.05, 4.69) is 14.8 Å². The number of benzene rings is 2. The summed E-state index contributed by atoms with van der Waals surface area (Å²) >= 11 is 0. The predicted octanol–water partition coefficient (Wildman–Crippen LogP) is 4.72. The molecule has 3 N–H and O–H groups in total. The number of fused-ring (bicyclic) bond motifs is 4. The second-order valence-electron chi connectivity index (χ2n) is 10.5. The third-order valence-electron chi connectivity index (χ3n) is 8.24. The van der Waals surface area contributed by atoms with Crippen LogP contribution in [0, 0.1) is 5.92 Å². The number of aromatic nitrogens is 4. The summed E-state index contributed by atoms with van der Waals surface area (Å²) < 4.78 is 7.12. The fourth-order valence-corrected chi connectivity index (χ4v) is 6.27. The monoisotopic (exact) mass is 517 g/mol. The molecule has 198 valence electrons. The van der Waals surface area contributed by atoms with E-state index in [0.29, 0.717) is 24.2 Å². The lowest BCUT2D eigenvalue weighted by Crippen LogP contribution is -2.42. The Morgan fingerprint density at radius 1 is 1.18 bits per heavy atom. The topological polar surface area (TPSA) is 134 Å². The normalized spacial score (nSPS) is 22.4. The van der Waals surface area contributed by atoms with Gasteiger partial charge in [-0.15, -0.1) is 0 Å². The molecule has 2 aliphatic rings. The Balaban J connectivity index is 1.53. The van der Waals surface area contributed by atoms with Crippen LogP contribution in [0.25, 0.3) is 21.9 Å². The van der Waals surface area contributed by atoms with E-state index < -0.39 is 24.1 Å².